The normalized spacial score (nSPS) is 14.2. The number of nitrogens with one attached hydrogen (secondary N) is 2. The predicted molar refractivity (Wildman–Crippen MR) is 114 cm³/mol. The van der Waals surface area contributed by atoms with E-state index in [1.807, 2.05) is 18.2 Å². The first-order valence-corrected chi connectivity index (χ1v) is 8.68. The summed E-state index contributed by atoms with van der Waals surface area (Å²) in [5.74, 6) is 1.41. The van der Waals surface area contributed by atoms with E-state index in [9.17, 15) is 4.39 Å². The molecule has 0 aliphatic heterocycles. The van der Waals surface area contributed by atoms with E-state index in [-0.39, 0.29) is 29.8 Å². The minimum atomic E-state index is -0.227. The highest BCUT2D eigenvalue weighted by Crippen LogP contribution is 2.27. The Kier molecular flexibility index (Phi) is 8.15. The molecule has 26 heavy (non-hydrogen) atoms. The van der Waals surface area contributed by atoms with Crippen LogP contribution in [0.4, 0.5) is 4.39 Å². The van der Waals surface area contributed by atoms with E-state index in [0.29, 0.717) is 25.2 Å². The van der Waals surface area contributed by atoms with Crippen molar-refractivity contribution >= 4 is 29.9 Å². The van der Waals surface area contributed by atoms with E-state index in [4.69, 9.17) is 4.74 Å². The van der Waals surface area contributed by atoms with Crippen LogP contribution in [0.1, 0.15) is 30.4 Å². The number of hydrogen-bond acceptors (Lipinski definition) is 2. The van der Waals surface area contributed by atoms with Crippen molar-refractivity contribution in [2.75, 3.05) is 7.05 Å². The fourth-order valence-corrected chi connectivity index (χ4v) is 2.62. The van der Waals surface area contributed by atoms with Crippen molar-refractivity contribution in [3.05, 3.63) is 65.5 Å². The molecule has 6 heteroatoms. The number of hydrogen-bond donors (Lipinski definition) is 2. The molecule has 4 nitrogen and oxygen atoms in total. The Labute approximate surface area is 171 Å². The standard InChI is InChI=1S/C20H24FN3O.HI/c1-22-20(23-13-15-9-11-17(21)12-10-15)24-14-16-5-2-3-8-19(16)25-18-6-4-7-18;/h2-3,5,8-12,18H,4,6-7,13-14H2,1H3,(H2,22,23,24);1H. The summed E-state index contributed by atoms with van der Waals surface area (Å²) in [4.78, 5) is 4.23. The van der Waals surface area contributed by atoms with Crippen molar-refractivity contribution in [2.24, 2.45) is 4.99 Å². The molecular formula is C20H25FIN3O. The van der Waals surface area contributed by atoms with Gasteiger partial charge in [0.1, 0.15) is 11.6 Å². The van der Waals surface area contributed by atoms with E-state index in [0.717, 1.165) is 29.7 Å². The molecule has 0 bridgehead atoms. The first-order chi connectivity index (χ1) is 12.2. The number of guanidine groups is 1. The molecule has 0 aromatic heterocycles. The molecule has 3 rings (SSSR count). The van der Waals surface area contributed by atoms with Crippen LogP contribution in [0.3, 0.4) is 0 Å². The second-order valence-electron chi connectivity index (χ2n) is 6.18. The lowest BCUT2D eigenvalue weighted by Crippen LogP contribution is -2.36. The zero-order chi connectivity index (χ0) is 17.5. The van der Waals surface area contributed by atoms with Crippen LogP contribution in [0.25, 0.3) is 0 Å². The molecule has 140 valence electrons. The number of para-hydroxylation sites is 1. The van der Waals surface area contributed by atoms with Gasteiger partial charge in [-0.15, -0.1) is 24.0 Å². The van der Waals surface area contributed by atoms with Gasteiger partial charge in [0.2, 0.25) is 0 Å². The van der Waals surface area contributed by atoms with Gasteiger partial charge in [0.05, 0.1) is 6.10 Å². The van der Waals surface area contributed by atoms with Crippen molar-refractivity contribution in [3.63, 3.8) is 0 Å². The van der Waals surface area contributed by atoms with Crippen molar-refractivity contribution in [1.82, 2.24) is 10.6 Å². The highest BCUT2D eigenvalue weighted by atomic mass is 127. The zero-order valence-electron chi connectivity index (χ0n) is 14.9. The maximum Gasteiger partial charge on any atom is 0.191 e. The van der Waals surface area contributed by atoms with Crippen molar-refractivity contribution in [1.29, 1.82) is 0 Å². The summed E-state index contributed by atoms with van der Waals surface area (Å²) < 4.78 is 19.0. The maximum atomic E-state index is 12.9. The van der Waals surface area contributed by atoms with Crippen LogP contribution in [0.5, 0.6) is 5.75 Å². The molecule has 2 N–H and O–H groups in total. The topological polar surface area (TPSA) is 45.7 Å². The summed E-state index contributed by atoms with van der Waals surface area (Å²) in [6.45, 7) is 1.21. The van der Waals surface area contributed by atoms with Crippen LogP contribution in [0, 0.1) is 5.82 Å². The molecular weight excluding hydrogens is 444 g/mol. The minimum Gasteiger partial charge on any atom is -0.490 e. The molecule has 1 fully saturated rings. The zero-order valence-corrected chi connectivity index (χ0v) is 17.2. The van der Waals surface area contributed by atoms with Gasteiger partial charge in [-0.3, -0.25) is 4.99 Å². The van der Waals surface area contributed by atoms with Gasteiger partial charge in [-0.2, -0.15) is 0 Å². The van der Waals surface area contributed by atoms with Gasteiger partial charge in [0.25, 0.3) is 0 Å². The SMILES string of the molecule is CN=C(NCc1ccc(F)cc1)NCc1ccccc1OC1CCC1.I. The lowest BCUT2D eigenvalue weighted by molar-refractivity contribution is 0.119. The molecule has 2 aromatic carbocycles. The molecule has 0 atom stereocenters. The Morgan fingerprint density at radius 1 is 1.08 bits per heavy atom. The summed E-state index contributed by atoms with van der Waals surface area (Å²) in [6, 6.07) is 14.5. The van der Waals surface area contributed by atoms with Crippen LogP contribution in [-0.2, 0) is 13.1 Å². The number of aliphatic imine (C=N–C) groups is 1. The number of benzene rings is 2. The van der Waals surface area contributed by atoms with Crippen LogP contribution in [0.2, 0.25) is 0 Å². The van der Waals surface area contributed by atoms with Gasteiger partial charge in [-0.25, -0.2) is 4.39 Å². The summed E-state index contributed by atoms with van der Waals surface area (Å²) in [7, 11) is 1.73. The Bertz CT molecular complexity index is 717. The average Bonchev–Trinajstić information content (AvgIpc) is 2.60. The molecule has 2 aromatic rings. The fourth-order valence-electron chi connectivity index (χ4n) is 2.62. The lowest BCUT2D eigenvalue weighted by Gasteiger charge is -2.27. The van der Waals surface area contributed by atoms with Gasteiger partial charge in [0, 0.05) is 25.7 Å². The first kappa shape index (κ1) is 20.5. The van der Waals surface area contributed by atoms with Gasteiger partial charge in [0.15, 0.2) is 5.96 Å². The van der Waals surface area contributed by atoms with E-state index in [2.05, 4.69) is 21.7 Å². The molecule has 1 saturated carbocycles. The lowest BCUT2D eigenvalue weighted by atomic mass is 9.96. The van der Waals surface area contributed by atoms with Gasteiger partial charge in [-0.05, 0) is 43.0 Å². The smallest absolute Gasteiger partial charge is 0.191 e. The van der Waals surface area contributed by atoms with E-state index >= 15 is 0 Å². The highest BCUT2D eigenvalue weighted by Gasteiger charge is 2.20. The third-order valence-electron chi connectivity index (χ3n) is 4.36. The predicted octanol–water partition coefficient (Wildman–Crippen LogP) is 4.24. The molecule has 0 saturated heterocycles. The van der Waals surface area contributed by atoms with E-state index in [1.165, 1.54) is 18.6 Å². The van der Waals surface area contributed by atoms with Crippen LogP contribution in [0.15, 0.2) is 53.5 Å². The Morgan fingerprint density at radius 3 is 2.42 bits per heavy atom. The van der Waals surface area contributed by atoms with Gasteiger partial charge < -0.3 is 15.4 Å². The van der Waals surface area contributed by atoms with Gasteiger partial charge in [-0.1, -0.05) is 30.3 Å². The Morgan fingerprint density at radius 2 is 1.77 bits per heavy atom. The summed E-state index contributed by atoms with van der Waals surface area (Å²) in [6.07, 6.45) is 3.90. The summed E-state index contributed by atoms with van der Waals surface area (Å²) in [5.41, 5.74) is 2.11. The molecule has 1 aliphatic carbocycles. The number of ether oxygens (including phenoxy) is 1. The van der Waals surface area contributed by atoms with E-state index in [1.54, 1.807) is 19.2 Å². The molecule has 1 aliphatic rings. The monoisotopic (exact) mass is 469 g/mol. The Hall–Kier alpha value is -1.83. The number of nitrogens with zero attached hydrogens (tertiary/aromatic N) is 1. The van der Waals surface area contributed by atoms with Crippen molar-refractivity contribution < 1.29 is 9.13 Å². The quantitative estimate of drug-likeness (QED) is 0.378. The molecule has 0 amide bonds. The van der Waals surface area contributed by atoms with Crippen LogP contribution in [-0.4, -0.2) is 19.1 Å². The fraction of sp³-hybridized carbons (Fsp3) is 0.350. The van der Waals surface area contributed by atoms with Crippen molar-refractivity contribution in [3.8, 4) is 5.75 Å². The molecule has 0 unspecified atom stereocenters. The largest absolute Gasteiger partial charge is 0.490 e. The summed E-state index contributed by atoms with van der Waals surface area (Å²) >= 11 is 0. The average molecular weight is 469 g/mol. The first-order valence-electron chi connectivity index (χ1n) is 8.68. The van der Waals surface area contributed by atoms with Gasteiger partial charge >= 0.3 is 0 Å². The second kappa shape index (κ2) is 10.4. The van der Waals surface area contributed by atoms with Crippen LogP contribution < -0.4 is 15.4 Å². The number of halogens is 2. The third kappa shape index (κ3) is 5.86. The molecule has 0 heterocycles. The highest BCUT2D eigenvalue weighted by molar-refractivity contribution is 14.0. The Balaban J connectivity index is 0.00000243. The third-order valence-corrected chi connectivity index (χ3v) is 4.36. The molecule has 0 radical (unpaired) electrons. The second-order valence-corrected chi connectivity index (χ2v) is 6.18. The minimum absolute atomic E-state index is 0. The van der Waals surface area contributed by atoms with E-state index < -0.39 is 0 Å². The summed E-state index contributed by atoms with van der Waals surface area (Å²) in [5, 5.41) is 6.54. The van der Waals surface area contributed by atoms with Crippen LogP contribution >= 0.6 is 24.0 Å². The number of rotatable bonds is 6. The maximum absolute atomic E-state index is 12.9. The van der Waals surface area contributed by atoms with Crippen molar-refractivity contribution in [2.45, 2.75) is 38.5 Å². The molecule has 0 spiro atoms.